The molecule has 0 aromatic rings. The van der Waals surface area contributed by atoms with Crippen LogP contribution in [0, 0.1) is 0 Å². The summed E-state index contributed by atoms with van der Waals surface area (Å²) in [6.07, 6.45) is 3.18. The van der Waals surface area contributed by atoms with Gasteiger partial charge in [-0.25, -0.2) is 0 Å². The normalized spacial score (nSPS) is 19.8. The third kappa shape index (κ3) is 3.16. The molecule has 1 aliphatic rings. The lowest BCUT2D eigenvalue weighted by molar-refractivity contribution is -0.146. The van der Waals surface area contributed by atoms with Crippen molar-refractivity contribution in [3.8, 4) is 0 Å². The molecule has 74 valence electrons. The second-order valence-electron chi connectivity index (χ2n) is 3.10. The molecular weight excluding hydrogens is 168 g/mol. The highest BCUT2D eigenvalue weighted by molar-refractivity contribution is 5.87. The third-order valence-electron chi connectivity index (χ3n) is 2.24. The van der Waals surface area contributed by atoms with Crippen molar-refractivity contribution in [3.63, 3.8) is 0 Å². The van der Waals surface area contributed by atoms with Gasteiger partial charge in [-0.15, -0.1) is 0 Å². The Balaban J connectivity index is 2.24. The summed E-state index contributed by atoms with van der Waals surface area (Å²) in [4.78, 5) is 16.0. The fourth-order valence-electron chi connectivity index (χ4n) is 1.44. The first-order valence-electron chi connectivity index (χ1n) is 4.48. The Bertz CT molecular complexity index is 186. The summed E-state index contributed by atoms with van der Waals surface area (Å²) in [6.45, 7) is 5.16. The Hall–Kier alpha value is -0.870. The third-order valence-corrected chi connectivity index (χ3v) is 2.24. The Morgan fingerprint density at radius 3 is 2.69 bits per heavy atom. The molecule has 0 atom stereocenters. The molecule has 1 N–H and O–H groups in total. The number of carbonyl (C=O) groups is 1. The summed E-state index contributed by atoms with van der Waals surface area (Å²) in [6, 6.07) is 0.275. The molecule has 1 fully saturated rings. The lowest BCUT2D eigenvalue weighted by Gasteiger charge is -2.30. The molecule has 1 amide bonds. The van der Waals surface area contributed by atoms with E-state index in [1.807, 2.05) is 5.06 Å². The summed E-state index contributed by atoms with van der Waals surface area (Å²) in [7, 11) is 1.67. The highest BCUT2D eigenvalue weighted by Gasteiger charge is 2.19. The summed E-state index contributed by atoms with van der Waals surface area (Å²) in [5.74, 6) is -0.0872. The van der Waals surface area contributed by atoms with Crippen LogP contribution >= 0.6 is 0 Å². The van der Waals surface area contributed by atoms with Crippen molar-refractivity contribution >= 4 is 5.91 Å². The van der Waals surface area contributed by atoms with E-state index in [-0.39, 0.29) is 11.9 Å². The predicted octanol–water partition coefficient (Wildman–Crippen LogP) is 0.314. The molecule has 13 heavy (non-hydrogen) atoms. The van der Waals surface area contributed by atoms with Gasteiger partial charge in [-0.2, -0.15) is 5.06 Å². The minimum absolute atomic E-state index is 0.0872. The van der Waals surface area contributed by atoms with Crippen molar-refractivity contribution in [1.82, 2.24) is 10.4 Å². The van der Waals surface area contributed by atoms with Gasteiger partial charge in [0.25, 0.3) is 0 Å². The summed E-state index contributed by atoms with van der Waals surface area (Å²) in [5.41, 5.74) is 0. The number of nitrogens with one attached hydrogen (secondary N) is 1. The van der Waals surface area contributed by atoms with Crippen LogP contribution in [0.15, 0.2) is 12.7 Å². The van der Waals surface area contributed by atoms with Crippen molar-refractivity contribution in [2.45, 2.75) is 18.9 Å². The van der Waals surface area contributed by atoms with Crippen molar-refractivity contribution in [2.75, 3.05) is 20.2 Å². The van der Waals surface area contributed by atoms with Gasteiger partial charge < -0.3 is 10.2 Å². The standard InChI is InChI=1S/C9H16N2O2/c1-3-9(12)10-8-4-6-11(13-2)7-5-8/h3,8H,1,4-7H2,2H3,(H,10,12). The molecule has 0 aromatic heterocycles. The highest BCUT2D eigenvalue weighted by atomic mass is 16.7. The van der Waals surface area contributed by atoms with E-state index in [0.717, 1.165) is 25.9 Å². The SMILES string of the molecule is C=CC(=O)NC1CCN(OC)CC1. The van der Waals surface area contributed by atoms with E-state index < -0.39 is 0 Å². The van der Waals surface area contributed by atoms with Gasteiger partial charge in [-0.3, -0.25) is 4.79 Å². The Morgan fingerprint density at radius 1 is 1.62 bits per heavy atom. The van der Waals surface area contributed by atoms with Crippen LogP contribution in [-0.4, -0.2) is 37.2 Å². The summed E-state index contributed by atoms with van der Waals surface area (Å²) < 4.78 is 0. The van der Waals surface area contributed by atoms with Crippen LogP contribution < -0.4 is 5.32 Å². The summed E-state index contributed by atoms with van der Waals surface area (Å²) >= 11 is 0. The number of hydrogen-bond donors (Lipinski definition) is 1. The maximum Gasteiger partial charge on any atom is 0.243 e. The number of piperidine rings is 1. The quantitative estimate of drug-likeness (QED) is 0.642. The minimum Gasteiger partial charge on any atom is -0.350 e. The van der Waals surface area contributed by atoms with Gasteiger partial charge in [0, 0.05) is 19.1 Å². The Morgan fingerprint density at radius 2 is 2.23 bits per heavy atom. The van der Waals surface area contributed by atoms with E-state index in [0.29, 0.717) is 0 Å². The molecular formula is C9H16N2O2. The van der Waals surface area contributed by atoms with Crippen LogP contribution in [0.5, 0.6) is 0 Å². The highest BCUT2D eigenvalue weighted by Crippen LogP contribution is 2.09. The monoisotopic (exact) mass is 184 g/mol. The van der Waals surface area contributed by atoms with Crippen LogP contribution in [0.2, 0.25) is 0 Å². The smallest absolute Gasteiger partial charge is 0.243 e. The molecule has 1 rings (SSSR count). The second kappa shape index (κ2) is 4.99. The Labute approximate surface area is 78.5 Å². The molecule has 0 unspecified atom stereocenters. The molecule has 0 aliphatic carbocycles. The number of amides is 1. The molecule has 4 heteroatoms. The van der Waals surface area contributed by atoms with E-state index in [2.05, 4.69) is 11.9 Å². The number of hydroxylamine groups is 2. The van der Waals surface area contributed by atoms with Gasteiger partial charge in [-0.1, -0.05) is 6.58 Å². The lowest BCUT2D eigenvalue weighted by Crippen LogP contribution is -2.43. The Kier molecular flexibility index (Phi) is 3.92. The molecule has 0 radical (unpaired) electrons. The molecule has 0 bridgehead atoms. The van der Waals surface area contributed by atoms with Gasteiger partial charge in [-0.05, 0) is 18.9 Å². The first-order chi connectivity index (χ1) is 6.26. The fraction of sp³-hybridized carbons (Fsp3) is 0.667. The molecule has 1 saturated heterocycles. The van der Waals surface area contributed by atoms with E-state index in [1.165, 1.54) is 6.08 Å². The van der Waals surface area contributed by atoms with Crippen LogP contribution in [0.25, 0.3) is 0 Å². The number of nitrogens with zero attached hydrogens (tertiary/aromatic N) is 1. The van der Waals surface area contributed by atoms with Crippen LogP contribution in [-0.2, 0) is 9.63 Å². The van der Waals surface area contributed by atoms with Crippen LogP contribution in [0.1, 0.15) is 12.8 Å². The fourth-order valence-corrected chi connectivity index (χ4v) is 1.44. The molecule has 1 aliphatic heterocycles. The van der Waals surface area contributed by atoms with Crippen LogP contribution in [0.4, 0.5) is 0 Å². The molecule has 4 nitrogen and oxygen atoms in total. The van der Waals surface area contributed by atoms with Crippen molar-refractivity contribution < 1.29 is 9.63 Å². The molecule has 1 heterocycles. The largest absolute Gasteiger partial charge is 0.350 e. The second-order valence-corrected chi connectivity index (χ2v) is 3.10. The maximum absolute atomic E-state index is 11.0. The minimum atomic E-state index is -0.0872. The predicted molar refractivity (Wildman–Crippen MR) is 49.9 cm³/mol. The van der Waals surface area contributed by atoms with E-state index in [1.54, 1.807) is 7.11 Å². The zero-order valence-electron chi connectivity index (χ0n) is 7.95. The van der Waals surface area contributed by atoms with E-state index in [4.69, 9.17) is 4.84 Å². The van der Waals surface area contributed by atoms with Gasteiger partial charge in [0.05, 0.1) is 7.11 Å². The van der Waals surface area contributed by atoms with Gasteiger partial charge in [0.1, 0.15) is 0 Å². The topological polar surface area (TPSA) is 41.6 Å². The average molecular weight is 184 g/mol. The summed E-state index contributed by atoms with van der Waals surface area (Å²) in [5, 5.41) is 4.77. The van der Waals surface area contributed by atoms with E-state index >= 15 is 0 Å². The van der Waals surface area contributed by atoms with E-state index in [9.17, 15) is 4.79 Å². The van der Waals surface area contributed by atoms with Crippen LogP contribution in [0.3, 0.4) is 0 Å². The van der Waals surface area contributed by atoms with Gasteiger partial charge >= 0.3 is 0 Å². The molecule has 0 saturated carbocycles. The first kappa shape index (κ1) is 10.2. The number of hydrogen-bond acceptors (Lipinski definition) is 3. The number of rotatable bonds is 3. The number of carbonyl (C=O) groups excluding carboxylic acids is 1. The maximum atomic E-state index is 11.0. The van der Waals surface area contributed by atoms with Gasteiger partial charge in [0.2, 0.25) is 5.91 Å². The van der Waals surface area contributed by atoms with Gasteiger partial charge in [0.15, 0.2) is 0 Å². The van der Waals surface area contributed by atoms with Crippen molar-refractivity contribution in [3.05, 3.63) is 12.7 Å². The van der Waals surface area contributed by atoms with Crippen molar-refractivity contribution in [1.29, 1.82) is 0 Å². The molecule has 0 spiro atoms. The van der Waals surface area contributed by atoms with Crippen molar-refractivity contribution in [2.24, 2.45) is 0 Å². The zero-order valence-corrected chi connectivity index (χ0v) is 7.95. The zero-order chi connectivity index (χ0) is 9.68. The lowest BCUT2D eigenvalue weighted by atomic mass is 10.1. The molecule has 0 aromatic carbocycles. The average Bonchev–Trinajstić information content (AvgIpc) is 2.19. The first-order valence-corrected chi connectivity index (χ1v) is 4.48.